The summed E-state index contributed by atoms with van der Waals surface area (Å²) in [4.78, 5) is 11.4. The second-order valence-electron chi connectivity index (χ2n) is 6.01. The molecule has 0 aliphatic carbocycles. The number of nitrogens with one attached hydrogen (secondary N) is 2. The van der Waals surface area contributed by atoms with Gasteiger partial charge in [-0.2, -0.15) is 5.10 Å². The number of sulfonamides is 1. The van der Waals surface area contributed by atoms with Crippen LogP contribution in [0.4, 0.5) is 11.4 Å². The van der Waals surface area contributed by atoms with Crippen molar-refractivity contribution in [3.05, 3.63) is 66.5 Å². The second-order valence-corrected chi connectivity index (χ2v) is 7.69. The van der Waals surface area contributed by atoms with E-state index in [9.17, 15) is 13.2 Å². The van der Waals surface area contributed by atoms with Crippen LogP contribution in [0.5, 0.6) is 5.75 Å². The van der Waals surface area contributed by atoms with Crippen LogP contribution in [0.15, 0.2) is 65.8 Å². The van der Waals surface area contributed by atoms with E-state index in [-0.39, 0.29) is 16.5 Å². The van der Waals surface area contributed by atoms with Crippen LogP contribution in [0, 0.1) is 0 Å². The molecule has 2 aromatic carbocycles. The Kier molecular flexibility index (Phi) is 5.65. The molecule has 1 heterocycles. The maximum absolute atomic E-state index is 12.9. The minimum absolute atomic E-state index is 0.00550. The quantitative estimate of drug-likeness (QED) is 0.635. The molecule has 0 atom stereocenters. The summed E-state index contributed by atoms with van der Waals surface area (Å²) in [5, 5.41) is 6.72. The largest absolute Gasteiger partial charge is 0.495 e. The molecule has 1 amide bonds. The maximum atomic E-state index is 12.9. The third kappa shape index (κ3) is 4.49. The maximum Gasteiger partial charge on any atom is 0.261 e. The topological polar surface area (TPSA) is 102 Å². The van der Waals surface area contributed by atoms with Crippen LogP contribution in [-0.4, -0.2) is 31.2 Å². The average molecular weight is 400 g/mol. The predicted molar refractivity (Wildman–Crippen MR) is 106 cm³/mol. The fraction of sp³-hybridized carbons (Fsp3) is 0.158. The summed E-state index contributed by atoms with van der Waals surface area (Å²) in [6.07, 6.45) is 3.46. The number of carbonyl (C=O) groups excluding carboxylic acids is 1. The monoisotopic (exact) mass is 400 g/mol. The fourth-order valence-corrected chi connectivity index (χ4v) is 3.80. The number of aromatic nitrogens is 2. The van der Waals surface area contributed by atoms with Gasteiger partial charge in [0.1, 0.15) is 5.75 Å². The molecular weight excluding hydrogens is 380 g/mol. The molecule has 3 aromatic rings. The van der Waals surface area contributed by atoms with Crippen LogP contribution in [0.25, 0.3) is 0 Å². The van der Waals surface area contributed by atoms with Crippen molar-refractivity contribution in [2.24, 2.45) is 0 Å². The lowest BCUT2D eigenvalue weighted by molar-refractivity contribution is -0.114. The van der Waals surface area contributed by atoms with Crippen molar-refractivity contribution in [1.29, 1.82) is 0 Å². The van der Waals surface area contributed by atoms with Crippen LogP contribution in [0.3, 0.4) is 0 Å². The summed E-state index contributed by atoms with van der Waals surface area (Å²) in [5.74, 6) is 0.0404. The lowest BCUT2D eigenvalue weighted by Gasteiger charge is -2.15. The smallest absolute Gasteiger partial charge is 0.261 e. The normalized spacial score (nSPS) is 11.1. The molecule has 28 heavy (non-hydrogen) atoms. The van der Waals surface area contributed by atoms with Gasteiger partial charge in [-0.25, -0.2) is 8.42 Å². The first-order valence-corrected chi connectivity index (χ1v) is 9.91. The number of nitrogens with zero attached hydrogens (tertiary/aromatic N) is 2. The molecule has 0 fully saturated rings. The standard InChI is InChI=1S/C19H20N4O4S/c1-14(24)21-18-12-16(8-9-19(18)27-2)28(25,26)22-17-7-4-3-6-15(17)13-23-11-5-10-20-23/h3-12,22H,13H2,1-2H3,(H,21,24). The van der Waals surface area contributed by atoms with Gasteiger partial charge >= 0.3 is 0 Å². The van der Waals surface area contributed by atoms with E-state index in [2.05, 4.69) is 15.1 Å². The number of hydrogen-bond donors (Lipinski definition) is 2. The van der Waals surface area contributed by atoms with Crippen molar-refractivity contribution in [3.8, 4) is 5.75 Å². The van der Waals surface area contributed by atoms with Crippen molar-refractivity contribution in [3.63, 3.8) is 0 Å². The van der Waals surface area contributed by atoms with Gasteiger partial charge in [-0.15, -0.1) is 0 Å². The Labute approximate surface area is 163 Å². The number of benzene rings is 2. The molecule has 0 saturated heterocycles. The summed E-state index contributed by atoms with van der Waals surface area (Å²) in [7, 11) is -2.44. The molecule has 146 valence electrons. The minimum Gasteiger partial charge on any atom is -0.495 e. The average Bonchev–Trinajstić information content (AvgIpc) is 3.16. The minimum atomic E-state index is -3.88. The van der Waals surface area contributed by atoms with Gasteiger partial charge in [-0.05, 0) is 35.9 Å². The highest BCUT2D eigenvalue weighted by molar-refractivity contribution is 7.92. The molecule has 1 aromatic heterocycles. The number of para-hydroxylation sites is 1. The first-order chi connectivity index (χ1) is 13.4. The molecule has 2 N–H and O–H groups in total. The number of amides is 1. The summed E-state index contributed by atoms with van der Waals surface area (Å²) in [6, 6.07) is 13.2. The number of rotatable bonds is 7. The number of ether oxygens (including phenoxy) is 1. The second kappa shape index (κ2) is 8.13. The van der Waals surface area contributed by atoms with Gasteiger partial charge in [-0.3, -0.25) is 14.2 Å². The third-order valence-electron chi connectivity index (χ3n) is 3.95. The van der Waals surface area contributed by atoms with Crippen molar-refractivity contribution in [2.45, 2.75) is 18.4 Å². The van der Waals surface area contributed by atoms with Gasteiger partial charge in [0, 0.05) is 19.3 Å². The first-order valence-electron chi connectivity index (χ1n) is 8.43. The summed E-state index contributed by atoms with van der Waals surface area (Å²) in [6.45, 7) is 1.76. The molecule has 0 bridgehead atoms. The Balaban J connectivity index is 1.91. The Morgan fingerprint density at radius 1 is 1.14 bits per heavy atom. The number of carbonyl (C=O) groups is 1. The van der Waals surface area contributed by atoms with Crippen LogP contribution in [-0.2, 0) is 21.4 Å². The highest BCUT2D eigenvalue weighted by Crippen LogP contribution is 2.29. The van der Waals surface area contributed by atoms with Gasteiger partial charge in [0.15, 0.2) is 0 Å². The highest BCUT2D eigenvalue weighted by atomic mass is 32.2. The van der Waals surface area contributed by atoms with E-state index in [1.54, 1.807) is 35.3 Å². The highest BCUT2D eigenvalue weighted by Gasteiger charge is 2.18. The molecule has 0 spiro atoms. The van der Waals surface area contributed by atoms with E-state index in [0.29, 0.717) is 18.0 Å². The van der Waals surface area contributed by atoms with Crippen molar-refractivity contribution in [1.82, 2.24) is 9.78 Å². The number of methoxy groups -OCH3 is 1. The van der Waals surface area contributed by atoms with Gasteiger partial charge in [0.2, 0.25) is 5.91 Å². The van der Waals surface area contributed by atoms with E-state index < -0.39 is 10.0 Å². The lowest BCUT2D eigenvalue weighted by Crippen LogP contribution is -2.16. The summed E-state index contributed by atoms with van der Waals surface area (Å²) < 4.78 is 35.3. The molecule has 3 rings (SSSR count). The van der Waals surface area contributed by atoms with Gasteiger partial charge in [-0.1, -0.05) is 18.2 Å². The van der Waals surface area contributed by atoms with Crippen LogP contribution in [0.1, 0.15) is 12.5 Å². The van der Waals surface area contributed by atoms with Crippen LogP contribution < -0.4 is 14.8 Å². The zero-order valence-electron chi connectivity index (χ0n) is 15.4. The summed E-state index contributed by atoms with van der Waals surface area (Å²) in [5.41, 5.74) is 1.50. The molecule has 9 heteroatoms. The SMILES string of the molecule is COc1ccc(S(=O)(=O)Nc2ccccc2Cn2cccn2)cc1NC(C)=O. The Hall–Kier alpha value is -3.33. The molecule has 0 unspecified atom stereocenters. The summed E-state index contributed by atoms with van der Waals surface area (Å²) >= 11 is 0. The Bertz CT molecular complexity index is 1080. The molecule has 0 saturated carbocycles. The first kappa shape index (κ1) is 19.4. The zero-order valence-corrected chi connectivity index (χ0v) is 16.2. The molecule has 0 radical (unpaired) electrons. The van der Waals surface area contributed by atoms with Gasteiger partial charge in [0.05, 0.1) is 29.9 Å². The van der Waals surface area contributed by atoms with Gasteiger partial charge < -0.3 is 10.1 Å². The van der Waals surface area contributed by atoms with E-state index in [4.69, 9.17) is 4.74 Å². The number of anilines is 2. The van der Waals surface area contributed by atoms with E-state index in [1.165, 1.54) is 32.2 Å². The van der Waals surface area contributed by atoms with Crippen LogP contribution >= 0.6 is 0 Å². The van der Waals surface area contributed by atoms with E-state index in [1.807, 2.05) is 12.1 Å². The zero-order chi connectivity index (χ0) is 20.1. The Morgan fingerprint density at radius 3 is 2.61 bits per heavy atom. The molecule has 0 aliphatic heterocycles. The Morgan fingerprint density at radius 2 is 1.93 bits per heavy atom. The fourth-order valence-electron chi connectivity index (χ4n) is 2.67. The predicted octanol–water partition coefficient (Wildman–Crippen LogP) is 2.70. The molecule has 0 aliphatic rings. The van der Waals surface area contributed by atoms with Crippen molar-refractivity contribution >= 4 is 27.3 Å². The van der Waals surface area contributed by atoms with Crippen molar-refractivity contribution < 1.29 is 17.9 Å². The lowest BCUT2D eigenvalue weighted by atomic mass is 10.2. The number of hydrogen-bond acceptors (Lipinski definition) is 5. The molecule has 8 nitrogen and oxygen atoms in total. The molecular formula is C19H20N4O4S. The van der Waals surface area contributed by atoms with E-state index in [0.717, 1.165) is 5.56 Å². The third-order valence-corrected chi connectivity index (χ3v) is 5.31. The van der Waals surface area contributed by atoms with E-state index >= 15 is 0 Å². The van der Waals surface area contributed by atoms with Crippen molar-refractivity contribution in [2.75, 3.05) is 17.1 Å². The van der Waals surface area contributed by atoms with Gasteiger partial charge in [0.25, 0.3) is 10.0 Å². The van der Waals surface area contributed by atoms with Crippen LogP contribution in [0.2, 0.25) is 0 Å².